The number of nitrogens with zero attached hydrogens (tertiary/aromatic N) is 6. The maximum absolute atomic E-state index is 12.9. The van der Waals surface area contributed by atoms with E-state index >= 15 is 0 Å². The Morgan fingerprint density at radius 3 is 2.57 bits per heavy atom. The molecule has 8 heteroatoms. The van der Waals surface area contributed by atoms with Crippen molar-refractivity contribution >= 4 is 17.2 Å². The summed E-state index contributed by atoms with van der Waals surface area (Å²) < 4.78 is 1.80. The molecule has 3 heterocycles. The summed E-state index contributed by atoms with van der Waals surface area (Å²) in [6, 6.07) is 12.2. The highest BCUT2D eigenvalue weighted by molar-refractivity contribution is 7.13. The fourth-order valence-electron chi connectivity index (χ4n) is 3.68. The number of rotatable bonds is 5. The zero-order chi connectivity index (χ0) is 21.1. The maximum atomic E-state index is 12.9. The monoisotopic (exact) mass is 420 g/mol. The van der Waals surface area contributed by atoms with Crippen molar-refractivity contribution in [1.82, 2.24) is 24.6 Å². The molecule has 0 spiro atoms. The van der Waals surface area contributed by atoms with Gasteiger partial charge in [-0.05, 0) is 18.1 Å². The van der Waals surface area contributed by atoms with Crippen molar-refractivity contribution in [3.05, 3.63) is 53.8 Å². The molecule has 1 amide bonds. The van der Waals surface area contributed by atoms with Crippen LogP contribution in [0.25, 0.3) is 16.3 Å². The van der Waals surface area contributed by atoms with Crippen LogP contribution in [0.15, 0.2) is 48.1 Å². The van der Waals surface area contributed by atoms with Crippen LogP contribution in [0.5, 0.6) is 0 Å². The first kappa shape index (κ1) is 20.3. The average molecular weight is 421 g/mol. The fraction of sp³-hybridized carbons (Fsp3) is 0.364. The predicted octanol–water partition coefficient (Wildman–Crippen LogP) is 3.30. The summed E-state index contributed by atoms with van der Waals surface area (Å²) in [6.07, 6.45) is 3.70. The van der Waals surface area contributed by atoms with E-state index in [4.69, 9.17) is 0 Å². The maximum Gasteiger partial charge on any atom is 0.273 e. The molecular weight excluding hydrogens is 396 g/mol. The zero-order valence-electron chi connectivity index (χ0n) is 17.1. The molecule has 7 nitrogen and oxygen atoms in total. The third-order valence-corrected chi connectivity index (χ3v) is 6.22. The minimum atomic E-state index is -0.103. The van der Waals surface area contributed by atoms with E-state index < -0.39 is 0 Å². The lowest BCUT2D eigenvalue weighted by atomic mass is 10.0. The molecule has 1 atom stereocenters. The molecular formula is C22H24N6OS. The van der Waals surface area contributed by atoms with Crippen LogP contribution in [0.2, 0.25) is 0 Å². The zero-order valence-corrected chi connectivity index (χ0v) is 17.9. The smallest absolute Gasteiger partial charge is 0.273 e. The Bertz CT molecular complexity index is 1040. The van der Waals surface area contributed by atoms with Crippen LogP contribution in [-0.2, 0) is 0 Å². The summed E-state index contributed by atoms with van der Waals surface area (Å²) in [5.41, 5.74) is 2.34. The third-order valence-electron chi connectivity index (χ3n) is 5.33. The van der Waals surface area contributed by atoms with Gasteiger partial charge in [-0.15, -0.1) is 11.3 Å². The second-order valence-corrected chi connectivity index (χ2v) is 8.55. The Labute approximate surface area is 180 Å². The molecule has 30 heavy (non-hydrogen) atoms. The van der Waals surface area contributed by atoms with E-state index in [2.05, 4.69) is 34.9 Å². The van der Waals surface area contributed by atoms with Crippen molar-refractivity contribution in [3.8, 4) is 22.3 Å². The second-order valence-electron chi connectivity index (χ2n) is 7.69. The van der Waals surface area contributed by atoms with Gasteiger partial charge in [-0.2, -0.15) is 10.4 Å². The largest absolute Gasteiger partial charge is 0.335 e. The van der Waals surface area contributed by atoms with Gasteiger partial charge in [-0.1, -0.05) is 32.0 Å². The van der Waals surface area contributed by atoms with E-state index in [0.29, 0.717) is 31.9 Å². The SMILES string of the molecule is CC(C)C(C#N)N1CCN(C(=O)c2csc(-c3cnn(-c4ccccc4)c3)n2)CC1. The number of nitriles is 1. The van der Waals surface area contributed by atoms with Gasteiger partial charge in [0.1, 0.15) is 16.7 Å². The second kappa shape index (κ2) is 8.78. The van der Waals surface area contributed by atoms with Crippen molar-refractivity contribution in [2.24, 2.45) is 5.92 Å². The Morgan fingerprint density at radius 1 is 1.17 bits per heavy atom. The molecule has 4 rings (SSSR count). The number of hydrogen-bond acceptors (Lipinski definition) is 6. The number of carbonyl (C=O) groups is 1. The summed E-state index contributed by atoms with van der Waals surface area (Å²) >= 11 is 1.45. The van der Waals surface area contributed by atoms with Crippen LogP contribution >= 0.6 is 11.3 Å². The van der Waals surface area contributed by atoms with Gasteiger partial charge in [0.15, 0.2) is 0 Å². The van der Waals surface area contributed by atoms with Crippen LogP contribution in [-0.4, -0.2) is 62.7 Å². The molecule has 0 saturated carbocycles. The van der Waals surface area contributed by atoms with Crippen molar-refractivity contribution in [3.63, 3.8) is 0 Å². The van der Waals surface area contributed by atoms with Gasteiger partial charge >= 0.3 is 0 Å². The standard InChI is InChI=1S/C22H24N6OS/c1-16(2)20(12-23)26-8-10-27(11-9-26)22(29)19-15-30-21(25-19)17-13-24-28(14-17)18-6-4-3-5-7-18/h3-7,13-16,20H,8-11H2,1-2H3. The third kappa shape index (κ3) is 4.13. The number of carbonyl (C=O) groups excluding carboxylic acids is 1. The summed E-state index contributed by atoms with van der Waals surface area (Å²) in [6.45, 7) is 6.77. The number of amides is 1. The van der Waals surface area contributed by atoms with Gasteiger partial charge in [0.05, 0.1) is 18.0 Å². The Hall–Kier alpha value is -3.02. The molecule has 3 aromatic rings. The lowest BCUT2D eigenvalue weighted by Crippen LogP contribution is -2.52. The normalized spacial score (nSPS) is 15.9. The Morgan fingerprint density at radius 2 is 1.90 bits per heavy atom. The van der Waals surface area contributed by atoms with E-state index in [-0.39, 0.29) is 17.9 Å². The summed E-state index contributed by atoms with van der Waals surface area (Å²) in [4.78, 5) is 21.5. The summed E-state index contributed by atoms with van der Waals surface area (Å²) in [5.74, 6) is 0.223. The van der Waals surface area contributed by atoms with E-state index in [9.17, 15) is 10.1 Å². The molecule has 1 unspecified atom stereocenters. The first-order valence-electron chi connectivity index (χ1n) is 10.1. The number of thiazole rings is 1. The minimum Gasteiger partial charge on any atom is -0.335 e. The van der Waals surface area contributed by atoms with Crippen LogP contribution < -0.4 is 0 Å². The molecule has 0 radical (unpaired) electrons. The van der Waals surface area contributed by atoms with Gasteiger partial charge in [0.25, 0.3) is 5.91 Å². The highest BCUT2D eigenvalue weighted by Gasteiger charge is 2.29. The van der Waals surface area contributed by atoms with Crippen molar-refractivity contribution in [2.75, 3.05) is 26.2 Å². The minimum absolute atomic E-state index is 0.0503. The van der Waals surface area contributed by atoms with Gasteiger partial charge in [-0.3, -0.25) is 9.69 Å². The van der Waals surface area contributed by atoms with E-state index in [1.165, 1.54) is 11.3 Å². The van der Waals surface area contributed by atoms with Crippen LogP contribution in [0.3, 0.4) is 0 Å². The van der Waals surface area contributed by atoms with Crippen molar-refractivity contribution in [1.29, 1.82) is 5.26 Å². The topological polar surface area (TPSA) is 78.0 Å². The number of benzene rings is 1. The molecule has 1 aliphatic heterocycles. The van der Waals surface area contributed by atoms with Gasteiger partial charge < -0.3 is 4.90 Å². The lowest BCUT2D eigenvalue weighted by molar-refractivity contribution is 0.0572. The lowest BCUT2D eigenvalue weighted by Gasteiger charge is -2.37. The first-order chi connectivity index (χ1) is 14.6. The van der Waals surface area contributed by atoms with Crippen molar-refractivity contribution in [2.45, 2.75) is 19.9 Å². The van der Waals surface area contributed by atoms with Gasteiger partial charge in [0, 0.05) is 43.3 Å². The van der Waals surface area contributed by atoms with Gasteiger partial charge in [-0.25, -0.2) is 9.67 Å². The van der Waals surface area contributed by atoms with E-state index in [1.54, 1.807) is 10.9 Å². The molecule has 1 saturated heterocycles. The predicted molar refractivity (Wildman–Crippen MR) is 116 cm³/mol. The molecule has 0 N–H and O–H groups in total. The summed E-state index contributed by atoms with van der Waals surface area (Å²) in [5, 5.41) is 16.4. The number of piperazine rings is 1. The quantitative estimate of drug-likeness (QED) is 0.633. The first-order valence-corrected chi connectivity index (χ1v) is 10.9. The highest BCUT2D eigenvalue weighted by Crippen LogP contribution is 2.25. The summed E-state index contributed by atoms with van der Waals surface area (Å²) in [7, 11) is 0. The van der Waals surface area contributed by atoms with E-state index in [0.717, 1.165) is 16.3 Å². The molecule has 0 aliphatic carbocycles. The Kier molecular flexibility index (Phi) is 5.93. The van der Waals surface area contributed by atoms with Gasteiger partial charge in [0.2, 0.25) is 0 Å². The Balaban J connectivity index is 1.42. The molecule has 0 bridgehead atoms. The van der Waals surface area contributed by atoms with Crippen LogP contribution in [0.4, 0.5) is 0 Å². The highest BCUT2D eigenvalue weighted by atomic mass is 32.1. The van der Waals surface area contributed by atoms with Crippen LogP contribution in [0.1, 0.15) is 24.3 Å². The average Bonchev–Trinajstić information content (AvgIpc) is 3.44. The molecule has 2 aromatic heterocycles. The van der Waals surface area contributed by atoms with E-state index in [1.807, 2.05) is 46.8 Å². The molecule has 1 aliphatic rings. The molecule has 154 valence electrons. The van der Waals surface area contributed by atoms with Crippen molar-refractivity contribution < 1.29 is 4.79 Å². The fourth-order valence-corrected chi connectivity index (χ4v) is 4.45. The number of hydrogen-bond donors (Lipinski definition) is 0. The number of para-hydroxylation sites is 1. The molecule has 1 fully saturated rings. The number of aromatic nitrogens is 3. The molecule has 1 aromatic carbocycles. The van der Waals surface area contributed by atoms with Crippen LogP contribution in [0, 0.1) is 17.2 Å².